The number of hydrogen-bond acceptors (Lipinski definition) is 3. The SMILES string of the molecule is CCCNc1cccc(COc2c(Cl)cc(CC(=O)O)cc2Cl)c1Cl. The Hall–Kier alpha value is -1.62. The number of rotatable bonds is 8. The van der Waals surface area contributed by atoms with Crippen LogP contribution in [0.25, 0.3) is 0 Å². The van der Waals surface area contributed by atoms with Gasteiger partial charge in [-0.25, -0.2) is 0 Å². The van der Waals surface area contributed by atoms with Crippen LogP contribution in [0.5, 0.6) is 5.75 Å². The minimum Gasteiger partial charge on any atom is -0.486 e. The number of carboxylic acid groups (broad SMARTS) is 1. The van der Waals surface area contributed by atoms with E-state index in [-0.39, 0.29) is 23.1 Å². The standard InChI is InChI=1S/C18H18Cl3NO3/c1-2-6-22-15-5-3-4-12(17(15)21)10-25-18-13(19)7-11(8-14(18)20)9-16(23)24/h3-5,7-8,22H,2,6,9-10H2,1H3,(H,23,24). The molecular weight excluding hydrogens is 385 g/mol. The maximum absolute atomic E-state index is 10.8. The minimum absolute atomic E-state index is 0.156. The van der Waals surface area contributed by atoms with Gasteiger partial charge in [0.25, 0.3) is 0 Å². The second-order valence-electron chi connectivity index (χ2n) is 5.45. The van der Waals surface area contributed by atoms with E-state index >= 15 is 0 Å². The van der Waals surface area contributed by atoms with E-state index in [2.05, 4.69) is 12.2 Å². The fraction of sp³-hybridized carbons (Fsp3) is 0.278. The minimum atomic E-state index is -0.955. The van der Waals surface area contributed by atoms with E-state index in [1.165, 1.54) is 12.1 Å². The summed E-state index contributed by atoms with van der Waals surface area (Å²) >= 11 is 18.8. The van der Waals surface area contributed by atoms with Crippen molar-refractivity contribution in [3.05, 3.63) is 56.5 Å². The average molecular weight is 403 g/mol. The Morgan fingerprint density at radius 3 is 2.48 bits per heavy atom. The smallest absolute Gasteiger partial charge is 0.307 e. The molecule has 2 aromatic rings. The number of carbonyl (C=O) groups is 1. The molecule has 0 spiro atoms. The molecule has 0 amide bonds. The Kier molecular flexibility index (Phi) is 7.24. The molecule has 0 saturated heterocycles. The van der Waals surface area contributed by atoms with Gasteiger partial charge in [0, 0.05) is 12.1 Å². The molecule has 2 aromatic carbocycles. The van der Waals surface area contributed by atoms with Crippen LogP contribution < -0.4 is 10.1 Å². The summed E-state index contributed by atoms with van der Waals surface area (Å²) in [7, 11) is 0. The van der Waals surface area contributed by atoms with E-state index < -0.39 is 5.97 Å². The number of aliphatic carboxylic acids is 1. The molecular formula is C18H18Cl3NO3. The Morgan fingerprint density at radius 2 is 1.88 bits per heavy atom. The highest BCUT2D eigenvalue weighted by Gasteiger charge is 2.13. The lowest BCUT2D eigenvalue weighted by Gasteiger charge is -2.14. The summed E-state index contributed by atoms with van der Waals surface area (Å²) in [6, 6.07) is 8.74. The lowest BCUT2D eigenvalue weighted by Crippen LogP contribution is -2.04. The van der Waals surface area contributed by atoms with Gasteiger partial charge >= 0.3 is 5.97 Å². The third-order valence-electron chi connectivity index (χ3n) is 3.43. The summed E-state index contributed by atoms with van der Waals surface area (Å²) in [5.41, 5.74) is 2.15. The Morgan fingerprint density at radius 1 is 1.20 bits per heavy atom. The van der Waals surface area contributed by atoms with Crippen molar-refractivity contribution in [2.75, 3.05) is 11.9 Å². The normalized spacial score (nSPS) is 10.6. The highest BCUT2D eigenvalue weighted by Crippen LogP contribution is 2.36. The van der Waals surface area contributed by atoms with Crippen LogP contribution in [0, 0.1) is 0 Å². The van der Waals surface area contributed by atoms with Gasteiger partial charge in [-0.05, 0) is 30.2 Å². The molecule has 0 fully saturated rings. The second kappa shape index (κ2) is 9.18. The van der Waals surface area contributed by atoms with Crippen molar-refractivity contribution >= 4 is 46.5 Å². The first-order valence-corrected chi connectivity index (χ1v) is 8.89. The van der Waals surface area contributed by atoms with Crippen molar-refractivity contribution in [2.24, 2.45) is 0 Å². The highest BCUT2D eigenvalue weighted by atomic mass is 35.5. The summed E-state index contributed by atoms with van der Waals surface area (Å²) in [5, 5.41) is 13.2. The lowest BCUT2D eigenvalue weighted by molar-refractivity contribution is -0.136. The van der Waals surface area contributed by atoms with Gasteiger partial charge in [-0.3, -0.25) is 4.79 Å². The zero-order chi connectivity index (χ0) is 18.4. The number of anilines is 1. The molecule has 4 nitrogen and oxygen atoms in total. The van der Waals surface area contributed by atoms with Crippen molar-refractivity contribution in [3.8, 4) is 5.75 Å². The first-order valence-electron chi connectivity index (χ1n) is 7.76. The van der Waals surface area contributed by atoms with E-state index in [1.807, 2.05) is 18.2 Å². The number of halogens is 3. The third kappa shape index (κ3) is 5.43. The number of hydrogen-bond donors (Lipinski definition) is 2. The summed E-state index contributed by atoms with van der Waals surface area (Å²) in [6.07, 6.45) is 0.835. The maximum atomic E-state index is 10.8. The lowest BCUT2D eigenvalue weighted by atomic mass is 10.1. The molecule has 0 radical (unpaired) electrons. The molecule has 0 heterocycles. The van der Waals surface area contributed by atoms with Crippen molar-refractivity contribution in [1.29, 1.82) is 0 Å². The van der Waals surface area contributed by atoms with E-state index in [9.17, 15) is 4.79 Å². The van der Waals surface area contributed by atoms with Crippen LogP contribution in [-0.4, -0.2) is 17.6 Å². The van der Waals surface area contributed by atoms with Crippen LogP contribution in [0.3, 0.4) is 0 Å². The number of benzene rings is 2. The predicted octanol–water partition coefficient (Wildman–Crippen LogP) is 5.67. The number of nitrogens with one attached hydrogen (secondary N) is 1. The topological polar surface area (TPSA) is 58.6 Å². The summed E-state index contributed by atoms with van der Waals surface area (Å²) in [5.74, 6) is -0.649. The molecule has 0 bridgehead atoms. The number of carboxylic acids is 1. The Labute approximate surface area is 161 Å². The van der Waals surface area contributed by atoms with E-state index in [0.717, 1.165) is 24.2 Å². The molecule has 134 valence electrons. The van der Waals surface area contributed by atoms with Gasteiger partial charge in [0.15, 0.2) is 5.75 Å². The fourth-order valence-corrected chi connectivity index (χ4v) is 3.15. The van der Waals surface area contributed by atoms with E-state index in [1.54, 1.807) is 0 Å². The van der Waals surface area contributed by atoms with Gasteiger partial charge in [0.05, 0.1) is 27.2 Å². The molecule has 2 rings (SSSR count). The van der Waals surface area contributed by atoms with Crippen LogP contribution >= 0.6 is 34.8 Å². The molecule has 0 aromatic heterocycles. The van der Waals surface area contributed by atoms with Gasteiger partial charge in [-0.2, -0.15) is 0 Å². The van der Waals surface area contributed by atoms with Gasteiger partial charge in [-0.15, -0.1) is 0 Å². The fourth-order valence-electron chi connectivity index (χ4n) is 2.26. The van der Waals surface area contributed by atoms with Crippen molar-refractivity contribution < 1.29 is 14.6 Å². The van der Waals surface area contributed by atoms with Crippen LogP contribution in [0.15, 0.2) is 30.3 Å². The molecule has 0 aliphatic rings. The Bertz CT molecular complexity index is 742. The molecule has 7 heteroatoms. The largest absolute Gasteiger partial charge is 0.486 e. The Balaban J connectivity index is 2.15. The predicted molar refractivity (Wildman–Crippen MR) is 102 cm³/mol. The average Bonchev–Trinajstić information content (AvgIpc) is 2.53. The third-order valence-corrected chi connectivity index (χ3v) is 4.44. The summed E-state index contributed by atoms with van der Waals surface area (Å²) < 4.78 is 5.73. The molecule has 0 aliphatic heterocycles. The molecule has 0 atom stereocenters. The monoisotopic (exact) mass is 401 g/mol. The second-order valence-corrected chi connectivity index (χ2v) is 6.65. The first-order chi connectivity index (χ1) is 11.9. The van der Waals surface area contributed by atoms with E-state index in [0.29, 0.717) is 16.3 Å². The number of ether oxygens (including phenoxy) is 1. The summed E-state index contributed by atoms with van der Waals surface area (Å²) in [6.45, 7) is 3.09. The highest BCUT2D eigenvalue weighted by molar-refractivity contribution is 6.37. The molecule has 0 aliphatic carbocycles. The zero-order valence-electron chi connectivity index (χ0n) is 13.6. The quantitative estimate of drug-likeness (QED) is 0.597. The maximum Gasteiger partial charge on any atom is 0.307 e. The van der Waals surface area contributed by atoms with Crippen molar-refractivity contribution in [2.45, 2.75) is 26.4 Å². The first kappa shape index (κ1) is 19.7. The van der Waals surface area contributed by atoms with Crippen molar-refractivity contribution in [3.63, 3.8) is 0 Å². The molecule has 0 saturated carbocycles. The van der Waals surface area contributed by atoms with Crippen LogP contribution in [-0.2, 0) is 17.8 Å². The van der Waals surface area contributed by atoms with Gasteiger partial charge < -0.3 is 15.2 Å². The summed E-state index contributed by atoms with van der Waals surface area (Å²) in [4.78, 5) is 10.8. The zero-order valence-corrected chi connectivity index (χ0v) is 15.9. The molecule has 2 N–H and O–H groups in total. The van der Waals surface area contributed by atoms with Crippen LogP contribution in [0.1, 0.15) is 24.5 Å². The van der Waals surface area contributed by atoms with Crippen LogP contribution in [0.4, 0.5) is 5.69 Å². The van der Waals surface area contributed by atoms with Gasteiger partial charge in [0.2, 0.25) is 0 Å². The van der Waals surface area contributed by atoms with Gasteiger partial charge in [0.1, 0.15) is 6.61 Å². The van der Waals surface area contributed by atoms with Crippen LogP contribution in [0.2, 0.25) is 15.1 Å². The van der Waals surface area contributed by atoms with Crippen molar-refractivity contribution in [1.82, 2.24) is 0 Å². The van der Waals surface area contributed by atoms with Gasteiger partial charge in [-0.1, -0.05) is 53.9 Å². The molecule has 0 unspecified atom stereocenters. The molecule has 25 heavy (non-hydrogen) atoms. The van der Waals surface area contributed by atoms with E-state index in [4.69, 9.17) is 44.6 Å².